The predicted molar refractivity (Wildman–Crippen MR) is 109 cm³/mol. The van der Waals surface area contributed by atoms with Gasteiger partial charge in [-0.25, -0.2) is 9.07 Å². The van der Waals surface area contributed by atoms with E-state index < -0.39 is 0 Å². The molecule has 7 heteroatoms. The van der Waals surface area contributed by atoms with Crippen LogP contribution < -0.4 is 10.9 Å². The van der Waals surface area contributed by atoms with Crippen LogP contribution in [0.4, 0.5) is 15.8 Å². The summed E-state index contributed by atoms with van der Waals surface area (Å²) in [5.41, 5.74) is 2.29. The summed E-state index contributed by atoms with van der Waals surface area (Å²) in [4.78, 5) is 30.0. The molecule has 1 aromatic carbocycles. The van der Waals surface area contributed by atoms with Crippen molar-refractivity contribution in [2.45, 2.75) is 33.2 Å². The number of benzene rings is 1. The van der Waals surface area contributed by atoms with Crippen molar-refractivity contribution in [3.8, 4) is 11.3 Å². The summed E-state index contributed by atoms with van der Waals surface area (Å²) >= 11 is 0. The highest BCUT2D eigenvalue weighted by Crippen LogP contribution is 2.32. The average Bonchev–Trinajstić information content (AvgIpc) is 3.51. The minimum absolute atomic E-state index is 0.170. The average molecular weight is 392 g/mol. The van der Waals surface area contributed by atoms with Crippen molar-refractivity contribution in [2.75, 3.05) is 5.32 Å². The number of carbonyl (C=O) groups is 1. The van der Waals surface area contributed by atoms with Gasteiger partial charge in [0.15, 0.2) is 5.78 Å². The van der Waals surface area contributed by atoms with Gasteiger partial charge in [-0.05, 0) is 69.0 Å². The number of aryl methyl sites for hydroxylation is 1. The van der Waals surface area contributed by atoms with E-state index in [2.05, 4.69) is 15.4 Å². The number of rotatable bonds is 6. The topological polar surface area (TPSA) is 76.9 Å². The highest BCUT2D eigenvalue weighted by molar-refractivity contribution is 6.05. The molecule has 6 nitrogen and oxygen atoms in total. The lowest BCUT2D eigenvalue weighted by atomic mass is 10.0. The Kier molecular flexibility index (Phi) is 4.96. The van der Waals surface area contributed by atoms with E-state index in [0.717, 1.165) is 12.8 Å². The molecule has 0 amide bonds. The Balaban J connectivity index is 1.94. The SMILES string of the molecule is CC(=O)c1c(-c2ccc(F)cc2)nn(CC2CC2)c(=O)c1Nc1cccnc1C. The van der Waals surface area contributed by atoms with E-state index in [9.17, 15) is 14.0 Å². The Bertz CT molecular complexity index is 1130. The maximum atomic E-state index is 13.4. The quantitative estimate of drug-likeness (QED) is 0.639. The monoisotopic (exact) mass is 392 g/mol. The lowest BCUT2D eigenvalue weighted by Gasteiger charge is -2.17. The summed E-state index contributed by atoms with van der Waals surface area (Å²) in [6.45, 7) is 3.71. The second-order valence-electron chi connectivity index (χ2n) is 7.35. The van der Waals surface area contributed by atoms with E-state index >= 15 is 0 Å². The third-order valence-corrected chi connectivity index (χ3v) is 5.02. The molecule has 0 radical (unpaired) electrons. The molecule has 0 spiro atoms. The summed E-state index contributed by atoms with van der Waals surface area (Å²) in [6.07, 6.45) is 3.77. The third kappa shape index (κ3) is 3.94. The van der Waals surface area contributed by atoms with Crippen molar-refractivity contribution in [1.82, 2.24) is 14.8 Å². The van der Waals surface area contributed by atoms with Crippen molar-refractivity contribution in [3.05, 3.63) is 70.0 Å². The number of ketones is 1. The lowest BCUT2D eigenvalue weighted by Crippen LogP contribution is -2.29. The Morgan fingerprint density at radius 3 is 2.59 bits per heavy atom. The fourth-order valence-corrected chi connectivity index (χ4v) is 3.26. The van der Waals surface area contributed by atoms with Crippen molar-refractivity contribution in [3.63, 3.8) is 0 Å². The molecule has 29 heavy (non-hydrogen) atoms. The standard InChI is InChI=1S/C22H21FN4O2/c1-13-18(4-3-11-24-13)25-21-19(14(2)28)20(16-7-9-17(23)10-8-16)26-27(22(21)29)12-15-5-6-15/h3-4,7-11,15,25H,5-6,12H2,1-2H3. The van der Waals surface area contributed by atoms with Crippen LogP contribution >= 0.6 is 0 Å². The van der Waals surface area contributed by atoms with E-state index in [0.29, 0.717) is 35.1 Å². The molecule has 0 unspecified atom stereocenters. The summed E-state index contributed by atoms with van der Waals surface area (Å²) < 4.78 is 14.8. The first-order valence-electron chi connectivity index (χ1n) is 9.54. The van der Waals surface area contributed by atoms with Gasteiger partial charge in [0.25, 0.3) is 5.56 Å². The maximum Gasteiger partial charge on any atom is 0.291 e. The highest BCUT2D eigenvalue weighted by atomic mass is 19.1. The minimum atomic E-state index is -0.381. The molecule has 1 saturated carbocycles. The van der Waals surface area contributed by atoms with Crippen LogP contribution in [0.15, 0.2) is 47.4 Å². The van der Waals surface area contributed by atoms with Gasteiger partial charge in [0.1, 0.15) is 17.2 Å². The van der Waals surface area contributed by atoms with Gasteiger partial charge in [0.05, 0.1) is 16.9 Å². The zero-order valence-electron chi connectivity index (χ0n) is 16.3. The Morgan fingerprint density at radius 2 is 1.97 bits per heavy atom. The van der Waals surface area contributed by atoms with E-state index in [1.165, 1.54) is 23.7 Å². The summed E-state index contributed by atoms with van der Waals surface area (Å²) in [5.74, 6) is -0.261. The summed E-state index contributed by atoms with van der Waals surface area (Å²) in [5, 5.41) is 7.62. The summed E-state index contributed by atoms with van der Waals surface area (Å²) in [6, 6.07) is 9.32. The van der Waals surface area contributed by atoms with E-state index in [-0.39, 0.29) is 28.4 Å². The van der Waals surface area contributed by atoms with Crippen LogP contribution in [0, 0.1) is 18.7 Å². The number of halogens is 1. The first kappa shape index (κ1) is 19.0. The van der Waals surface area contributed by atoms with Crippen LogP contribution in [0.1, 0.15) is 35.8 Å². The summed E-state index contributed by atoms with van der Waals surface area (Å²) in [7, 11) is 0. The molecule has 1 fully saturated rings. The second kappa shape index (κ2) is 7.58. The van der Waals surface area contributed by atoms with Crippen LogP contribution in [0.25, 0.3) is 11.3 Å². The van der Waals surface area contributed by atoms with Crippen LogP contribution in [0.3, 0.4) is 0 Å². The minimum Gasteiger partial charge on any atom is -0.349 e. The largest absolute Gasteiger partial charge is 0.349 e. The zero-order chi connectivity index (χ0) is 20.5. The molecule has 148 valence electrons. The van der Waals surface area contributed by atoms with E-state index in [1.807, 2.05) is 6.92 Å². The van der Waals surface area contributed by atoms with E-state index in [4.69, 9.17) is 0 Å². The lowest BCUT2D eigenvalue weighted by molar-refractivity contribution is 0.101. The number of hydrogen-bond donors (Lipinski definition) is 1. The molecule has 1 aliphatic carbocycles. The molecule has 4 rings (SSSR count). The molecule has 2 heterocycles. The molecule has 0 aliphatic heterocycles. The molecular formula is C22H21FN4O2. The van der Waals surface area contributed by atoms with Crippen molar-refractivity contribution in [2.24, 2.45) is 5.92 Å². The van der Waals surface area contributed by atoms with Gasteiger partial charge in [-0.3, -0.25) is 14.6 Å². The third-order valence-electron chi connectivity index (χ3n) is 5.02. The van der Waals surface area contributed by atoms with Crippen molar-refractivity contribution in [1.29, 1.82) is 0 Å². The van der Waals surface area contributed by atoms with Gasteiger partial charge >= 0.3 is 0 Å². The normalized spacial score (nSPS) is 13.3. The Hall–Kier alpha value is -3.35. The van der Waals surface area contributed by atoms with Crippen LogP contribution in [0.5, 0.6) is 0 Å². The van der Waals surface area contributed by atoms with Gasteiger partial charge in [-0.2, -0.15) is 5.10 Å². The molecule has 0 atom stereocenters. The smallest absolute Gasteiger partial charge is 0.291 e. The number of anilines is 2. The number of nitrogens with zero attached hydrogens (tertiary/aromatic N) is 3. The van der Waals surface area contributed by atoms with Gasteiger partial charge in [-0.15, -0.1) is 0 Å². The highest BCUT2D eigenvalue weighted by Gasteiger charge is 2.27. The second-order valence-corrected chi connectivity index (χ2v) is 7.35. The molecule has 0 bridgehead atoms. The maximum absolute atomic E-state index is 13.4. The van der Waals surface area contributed by atoms with Crippen molar-refractivity contribution < 1.29 is 9.18 Å². The molecule has 1 N–H and O–H groups in total. The number of nitrogens with one attached hydrogen (secondary N) is 1. The number of hydrogen-bond acceptors (Lipinski definition) is 5. The molecule has 0 saturated heterocycles. The number of carbonyl (C=O) groups excluding carboxylic acids is 1. The number of aromatic nitrogens is 3. The zero-order valence-corrected chi connectivity index (χ0v) is 16.3. The Labute approximate surface area is 167 Å². The predicted octanol–water partition coefficient (Wildman–Crippen LogP) is 4.11. The van der Waals surface area contributed by atoms with Crippen LogP contribution in [-0.4, -0.2) is 20.5 Å². The fraction of sp³-hybridized carbons (Fsp3) is 0.273. The van der Waals surface area contributed by atoms with Gasteiger partial charge in [0.2, 0.25) is 0 Å². The first-order chi connectivity index (χ1) is 13.9. The van der Waals surface area contributed by atoms with Crippen LogP contribution in [0.2, 0.25) is 0 Å². The molecule has 3 aromatic rings. The first-order valence-corrected chi connectivity index (χ1v) is 9.54. The molecule has 1 aliphatic rings. The Morgan fingerprint density at radius 1 is 1.24 bits per heavy atom. The van der Waals surface area contributed by atoms with Gasteiger partial charge in [-0.1, -0.05) is 0 Å². The van der Waals surface area contributed by atoms with Gasteiger partial charge < -0.3 is 5.32 Å². The number of Topliss-reactive ketones (excluding diaryl/α,β-unsaturated/α-hetero) is 1. The van der Waals surface area contributed by atoms with E-state index in [1.54, 1.807) is 30.5 Å². The van der Waals surface area contributed by atoms with Crippen molar-refractivity contribution >= 4 is 17.2 Å². The fourth-order valence-electron chi connectivity index (χ4n) is 3.26. The van der Waals surface area contributed by atoms with Gasteiger partial charge in [0, 0.05) is 18.3 Å². The number of pyridine rings is 1. The molecular weight excluding hydrogens is 371 g/mol. The van der Waals surface area contributed by atoms with Crippen LogP contribution in [-0.2, 0) is 6.54 Å². The molecule has 2 aromatic heterocycles.